The summed E-state index contributed by atoms with van der Waals surface area (Å²) >= 11 is 0. The highest BCUT2D eigenvalue weighted by Gasteiger charge is 2.69. The summed E-state index contributed by atoms with van der Waals surface area (Å²) in [5.41, 5.74) is -0.00600. The first-order valence-electron chi connectivity index (χ1n) is 12.6. The second-order valence-electron chi connectivity index (χ2n) is 11.3. The summed E-state index contributed by atoms with van der Waals surface area (Å²) in [6.07, 6.45) is 4.41. The minimum absolute atomic E-state index is 0.0488. The molecule has 5 atom stereocenters. The zero-order valence-corrected chi connectivity index (χ0v) is 19.3. The number of carboxylic acid groups (broad SMARTS) is 1. The number of Topliss-reactive ketones (excluding diaryl/α,β-unsaturated/α-hetero) is 1. The van der Waals surface area contributed by atoms with E-state index >= 15 is 0 Å². The van der Waals surface area contributed by atoms with Crippen molar-refractivity contribution in [3.8, 4) is 5.75 Å². The summed E-state index contributed by atoms with van der Waals surface area (Å²) in [5, 5.41) is 32.0. The molecule has 2 saturated carbocycles. The van der Waals surface area contributed by atoms with Gasteiger partial charge in [0.05, 0.1) is 5.60 Å². The number of phenols is 1. The molecule has 1 unspecified atom stereocenters. The minimum Gasteiger partial charge on any atom is -0.508 e. The van der Waals surface area contributed by atoms with Gasteiger partial charge >= 0.3 is 5.97 Å². The number of carbonyl (C=O) groups is 3. The van der Waals surface area contributed by atoms with E-state index < -0.39 is 28.9 Å². The summed E-state index contributed by atoms with van der Waals surface area (Å²) in [6.45, 7) is 1.89. The lowest BCUT2D eigenvalue weighted by Crippen LogP contribution is -2.63. The zero-order chi connectivity index (χ0) is 23.8. The number of aromatic hydroxyl groups is 1. The molecule has 4 fully saturated rings. The Balaban J connectivity index is 1.32. The number of ketones is 1. The van der Waals surface area contributed by atoms with E-state index in [-0.39, 0.29) is 42.7 Å². The number of hydrogen-bond acceptors (Lipinski definition) is 6. The fraction of sp³-hybridized carbons (Fsp3) is 0.654. The molecule has 0 aromatic heterocycles. The third-order valence-corrected chi connectivity index (χ3v) is 9.27. The van der Waals surface area contributed by atoms with Gasteiger partial charge in [-0.1, -0.05) is 6.07 Å². The third kappa shape index (κ3) is 3.14. The topological polar surface area (TPSA) is 118 Å². The van der Waals surface area contributed by atoms with E-state index in [0.29, 0.717) is 38.3 Å². The van der Waals surface area contributed by atoms with Crippen molar-refractivity contribution < 1.29 is 29.7 Å². The number of phenolic OH excluding ortho intramolecular Hbond substituents is 1. The molecule has 1 aromatic rings. The lowest BCUT2D eigenvalue weighted by molar-refractivity contribution is -0.152. The molecule has 1 amide bonds. The molecule has 2 heterocycles. The van der Waals surface area contributed by atoms with Gasteiger partial charge in [0.25, 0.3) is 0 Å². The lowest BCUT2D eigenvalue weighted by atomic mass is 9.53. The number of carboxylic acids is 1. The van der Waals surface area contributed by atoms with Gasteiger partial charge in [-0.25, -0.2) is 4.79 Å². The van der Waals surface area contributed by atoms with Gasteiger partial charge in [-0.2, -0.15) is 0 Å². The molecule has 8 nitrogen and oxygen atoms in total. The Morgan fingerprint density at radius 3 is 2.71 bits per heavy atom. The van der Waals surface area contributed by atoms with E-state index in [1.165, 1.54) is 17.7 Å². The number of benzene rings is 1. The van der Waals surface area contributed by atoms with Crippen molar-refractivity contribution in [2.45, 2.75) is 74.5 Å². The van der Waals surface area contributed by atoms with Crippen LogP contribution in [0.25, 0.3) is 0 Å². The molecule has 2 aliphatic heterocycles. The van der Waals surface area contributed by atoms with Gasteiger partial charge in [0.2, 0.25) is 5.91 Å². The monoisotopic (exact) mass is 468 g/mol. The molecule has 6 rings (SSSR count). The Morgan fingerprint density at radius 1 is 1.18 bits per heavy atom. The fourth-order valence-corrected chi connectivity index (χ4v) is 7.45. The summed E-state index contributed by atoms with van der Waals surface area (Å²) < 4.78 is 0. The van der Waals surface area contributed by atoms with Crippen LogP contribution in [0.5, 0.6) is 5.75 Å². The third-order valence-electron chi connectivity index (χ3n) is 9.27. The maximum Gasteiger partial charge on any atom is 0.326 e. The Kier molecular flexibility index (Phi) is 4.88. The highest BCUT2D eigenvalue weighted by molar-refractivity contribution is 5.91. The average Bonchev–Trinajstić information content (AvgIpc) is 3.42. The van der Waals surface area contributed by atoms with Crippen molar-refractivity contribution in [2.24, 2.45) is 11.8 Å². The zero-order valence-electron chi connectivity index (χ0n) is 19.3. The maximum atomic E-state index is 13.5. The predicted octanol–water partition coefficient (Wildman–Crippen LogP) is 1.46. The van der Waals surface area contributed by atoms with Gasteiger partial charge in [0.15, 0.2) is 0 Å². The van der Waals surface area contributed by atoms with Gasteiger partial charge in [-0.05, 0) is 67.7 Å². The largest absolute Gasteiger partial charge is 0.508 e. The Bertz CT molecular complexity index is 1070. The van der Waals surface area contributed by atoms with Gasteiger partial charge in [0, 0.05) is 49.9 Å². The smallest absolute Gasteiger partial charge is 0.326 e. The van der Waals surface area contributed by atoms with Gasteiger partial charge in [0.1, 0.15) is 17.6 Å². The molecule has 1 aromatic carbocycles. The molecule has 3 N–H and O–H groups in total. The first-order chi connectivity index (χ1) is 16.2. The number of carbonyl (C=O) groups excluding carboxylic acids is 2. The van der Waals surface area contributed by atoms with Crippen LogP contribution in [0.3, 0.4) is 0 Å². The Hall–Kier alpha value is -2.45. The van der Waals surface area contributed by atoms with E-state index in [1.54, 1.807) is 12.1 Å². The van der Waals surface area contributed by atoms with E-state index in [0.717, 1.165) is 17.7 Å². The number of likely N-dealkylation sites (tertiary alicyclic amines) is 2. The Labute approximate surface area is 198 Å². The van der Waals surface area contributed by atoms with Crippen molar-refractivity contribution in [3.63, 3.8) is 0 Å². The van der Waals surface area contributed by atoms with Crippen LogP contribution in [0, 0.1) is 11.8 Å². The molecule has 2 bridgehead atoms. The first-order valence-corrected chi connectivity index (χ1v) is 12.6. The van der Waals surface area contributed by atoms with Crippen molar-refractivity contribution in [1.29, 1.82) is 0 Å². The minimum atomic E-state index is -1.17. The summed E-state index contributed by atoms with van der Waals surface area (Å²) in [4.78, 5) is 41.9. The number of nitrogens with zero attached hydrogens (tertiary/aromatic N) is 2. The van der Waals surface area contributed by atoms with Gasteiger partial charge in [-0.15, -0.1) is 0 Å². The van der Waals surface area contributed by atoms with E-state index in [2.05, 4.69) is 4.90 Å². The Morgan fingerprint density at radius 2 is 1.97 bits per heavy atom. The van der Waals surface area contributed by atoms with E-state index in [9.17, 15) is 29.7 Å². The van der Waals surface area contributed by atoms with Crippen LogP contribution in [0.2, 0.25) is 0 Å². The molecule has 0 spiro atoms. The molecular formula is C26H32N2O6. The second kappa shape index (κ2) is 7.52. The number of fused-ring (bicyclic) bond motifs is 1. The standard InChI is InChI=1S/C26H32N2O6/c29-18-6-5-16-8-22-26(34)11-17(9-23(31)28-7-1-2-20(28)24(32)33)21(30)12-25(26,19(16)10-18)14-27(22)13-15-3-4-15/h5-6,10,15,17,20,22,29,34H,1-4,7-9,11-14H2,(H,32,33)/t17-,20-,22+,25?,26+/m0/s1. The number of aliphatic hydroxyl groups is 1. The molecule has 5 aliphatic rings. The van der Waals surface area contributed by atoms with Crippen LogP contribution in [-0.4, -0.2) is 80.1 Å². The van der Waals surface area contributed by atoms with E-state index in [4.69, 9.17) is 0 Å². The summed E-state index contributed by atoms with van der Waals surface area (Å²) in [7, 11) is 0. The van der Waals surface area contributed by atoms with Crippen LogP contribution >= 0.6 is 0 Å². The predicted molar refractivity (Wildman–Crippen MR) is 121 cm³/mol. The van der Waals surface area contributed by atoms with Crippen LogP contribution in [0.15, 0.2) is 18.2 Å². The highest BCUT2D eigenvalue weighted by Crippen LogP contribution is 2.60. The molecule has 0 radical (unpaired) electrons. The molecular weight excluding hydrogens is 436 g/mol. The number of rotatable bonds is 5. The van der Waals surface area contributed by atoms with Crippen LogP contribution in [0.1, 0.15) is 56.1 Å². The van der Waals surface area contributed by atoms with Crippen molar-refractivity contribution in [2.75, 3.05) is 19.6 Å². The number of amides is 1. The normalized spacial score (nSPS) is 36.9. The number of hydrogen-bond donors (Lipinski definition) is 3. The second-order valence-corrected chi connectivity index (χ2v) is 11.3. The fourth-order valence-electron chi connectivity index (χ4n) is 7.45. The highest BCUT2D eigenvalue weighted by atomic mass is 16.4. The van der Waals surface area contributed by atoms with Crippen LogP contribution in [-0.2, 0) is 26.2 Å². The molecule has 8 heteroatoms. The van der Waals surface area contributed by atoms with Crippen molar-refractivity contribution in [3.05, 3.63) is 29.3 Å². The van der Waals surface area contributed by atoms with Gasteiger partial charge < -0.3 is 20.2 Å². The van der Waals surface area contributed by atoms with Crippen LogP contribution in [0.4, 0.5) is 0 Å². The van der Waals surface area contributed by atoms with E-state index in [1.807, 2.05) is 6.07 Å². The van der Waals surface area contributed by atoms with Crippen molar-refractivity contribution in [1.82, 2.24) is 9.80 Å². The first kappa shape index (κ1) is 22.0. The van der Waals surface area contributed by atoms with Crippen LogP contribution < -0.4 is 0 Å². The molecule has 34 heavy (non-hydrogen) atoms. The number of aliphatic carboxylic acids is 1. The average molecular weight is 469 g/mol. The quantitative estimate of drug-likeness (QED) is 0.599. The summed E-state index contributed by atoms with van der Waals surface area (Å²) in [6, 6.07) is 4.35. The molecule has 3 aliphatic carbocycles. The summed E-state index contributed by atoms with van der Waals surface area (Å²) in [5.74, 6) is -1.22. The molecule has 182 valence electrons. The van der Waals surface area contributed by atoms with Crippen molar-refractivity contribution >= 4 is 17.7 Å². The SMILES string of the molecule is O=C1CC23CN(CC4CC4)[C@H](Cc4ccc(O)cc42)[C@]3(O)C[C@@H]1CC(=O)N1CCC[C@H]1C(=O)O. The van der Waals surface area contributed by atoms with Gasteiger partial charge in [-0.3, -0.25) is 14.5 Å². The maximum absolute atomic E-state index is 13.5. The molecule has 2 saturated heterocycles. The lowest BCUT2D eigenvalue weighted by Gasteiger charge is -2.53.